The zero-order valence-electron chi connectivity index (χ0n) is 28.0. The molecule has 0 radical (unpaired) electrons. The van der Waals surface area contributed by atoms with Gasteiger partial charge in [-0.05, 0) is 67.7 Å². The van der Waals surface area contributed by atoms with Crippen LogP contribution in [0.2, 0.25) is 0 Å². The van der Waals surface area contributed by atoms with Crippen molar-refractivity contribution in [2.24, 2.45) is 0 Å². The van der Waals surface area contributed by atoms with E-state index < -0.39 is 29.1 Å². The molecule has 0 bridgehead atoms. The molecule has 10 rings (SSSR count). The number of ketones is 3. The van der Waals surface area contributed by atoms with Crippen molar-refractivity contribution in [3.8, 4) is 39.8 Å². The quantitative estimate of drug-likeness (QED) is 0.130. The number of ether oxygens (including phenoxy) is 1. The molecule has 11 nitrogen and oxygen atoms in total. The fourth-order valence-electron chi connectivity index (χ4n) is 8.00. The van der Waals surface area contributed by atoms with Crippen molar-refractivity contribution < 1.29 is 24.2 Å². The average Bonchev–Trinajstić information content (AvgIpc) is 4.02. The predicted octanol–water partition coefficient (Wildman–Crippen LogP) is 8.51. The first-order chi connectivity index (χ1) is 26.7. The lowest BCUT2D eigenvalue weighted by atomic mass is 9.78. The summed E-state index contributed by atoms with van der Waals surface area (Å²) in [5.41, 5.74) is 1.45. The van der Waals surface area contributed by atoms with Gasteiger partial charge in [-0.15, -0.1) is 45.3 Å². The van der Waals surface area contributed by atoms with Gasteiger partial charge in [0.05, 0.1) is 42.3 Å². The van der Waals surface area contributed by atoms with Crippen molar-refractivity contribution in [2.75, 3.05) is 0 Å². The third-order valence-corrected chi connectivity index (χ3v) is 15.2. The molecule has 262 valence electrons. The number of carbonyl (C=O) groups excluding carboxylic acids is 3. The number of aromatic nitrogens is 2. The molecule has 1 N–H and O–H groups in total. The number of benzene rings is 2. The van der Waals surface area contributed by atoms with Crippen LogP contribution in [0.1, 0.15) is 113 Å². The van der Waals surface area contributed by atoms with Gasteiger partial charge >= 0.3 is 0 Å². The third-order valence-electron chi connectivity index (χ3n) is 10.6. The van der Waals surface area contributed by atoms with Gasteiger partial charge in [0.25, 0.3) is 0 Å². The average molecular weight is 791 g/mol. The number of aliphatic hydroxyl groups is 1. The second-order valence-electron chi connectivity index (χ2n) is 13.5. The van der Waals surface area contributed by atoms with Crippen LogP contribution in [0.3, 0.4) is 0 Å². The van der Waals surface area contributed by atoms with Crippen molar-refractivity contribution in [3.63, 3.8) is 0 Å². The largest absolute Gasteiger partial charge is 0.479 e. The fourth-order valence-corrected chi connectivity index (χ4v) is 13.0. The van der Waals surface area contributed by atoms with Crippen LogP contribution >= 0.6 is 45.3 Å². The Bertz CT molecular complexity index is 3030. The number of rotatable bonds is 2. The summed E-state index contributed by atoms with van der Waals surface area (Å²) in [6.07, 6.45) is 6.40. The van der Waals surface area contributed by atoms with Crippen molar-refractivity contribution >= 4 is 93.9 Å². The first-order valence-corrected chi connectivity index (χ1v) is 20.2. The van der Waals surface area contributed by atoms with Gasteiger partial charge < -0.3 is 9.84 Å². The maximum atomic E-state index is 13.4. The first-order valence-electron chi connectivity index (χ1n) is 16.9. The summed E-state index contributed by atoms with van der Waals surface area (Å²) < 4.78 is 8.87. The lowest BCUT2D eigenvalue weighted by molar-refractivity contribution is 0.0282. The second kappa shape index (κ2) is 11.9. The molecule has 1 atom stereocenters. The van der Waals surface area contributed by atoms with Crippen molar-refractivity contribution in [1.82, 2.24) is 9.97 Å². The topological polar surface area (TPSA) is 202 Å². The molecule has 2 aromatic carbocycles. The zero-order valence-corrected chi connectivity index (χ0v) is 31.2. The standard InChI is InChI=1S/C40H18N6O5S4/c41-12-16-6-20-21(7-17(16)13-42)30(48)24(29(20)47)10-26-45-38-35(52-26)28-34(54-38)36-33(51-40(28)4-2-1-3-5-40)37-39(55-36)46-27(53-37)11-25-31(49)22-8-18(14-43)19(15-44)9-23(22)32(25)50/h6-11,31,49H,1-5H2/b25-11-. The number of aliphatic hydroxyl groups excluding tert-OH is 1. The predicted molar refractivity (Wildman–Crippen MR) is 205 cm³/mol. The number of thiazole rings is 2. The molecule has 15 heteroatoms. The van der Waals surface area contributed by atoms with Crippen LogP contribution in [0.4, 0.5) is 0 Å². The van der Waals surface area contributed by atoms with E-state index in [0.29, 0.717) is 10.0 Å². The Balaban J connectivity index is 1.04. The van der Waals surface area contributed by atoms with E-state index in [9.17, 15) is 40.5 Å². The monoisotopic (exact) mass is 790 g/mol. The van der Waals surface area contributed by atoms with Gasteiger partial charge in [0.1, 0.15) is 60.4 Å². The van der Waals surface area contributed by atoms with Gasteiger partial charge in [0, 0.05) is 27.8 Å². The fraction of sp³-hybridized carbons (Fsp3) is 0.175. The third kappa shape index (κ3) is 4.66. The van der Waals surface area contributed by atoms with Gasteiger partial charge in [-0.25, -0.2) is 9.97 Å². The van der Waals surface area contributed by atoms with Gasteiger partial charge in [0.2, 0.25) is 0 Å². The van der Waals surface area contributed by atoms with Crippen LogP contribution in [0.5, 0.6) is 5.75 Å². The Morgan fingerprint density at radius 1 is 0.691 bits per heavy atom. The van der Waals surface area contributed by atoms with Gasteiger partial charge in [-0.3, -0.25) is 14.4 Å². The van der Waals surface area contributed by atoms with Crippen molar-refractivity contribution in [1.29, 1.82) is 21.0 Å². The molecule has 1 unspecified atom stereocenters. The number of Topliss-reactive ketones (excluding diaryl/α,β-unsaturated/α-hetero) is 3. The van der Waals surface area contributed by atoms with Crippen LogP contribution in [0.25, 0.3) is 41.0 Å². The Morgan fingerprint density at radius 2 is 1.24 bits per heavy atom. The van der Waals surface area contributed by atoms with Crippen LogP contribution in [-0.4, -0.2) is 32.4 Å². The molecule has 6 aromatic rings. The summed E-state index contributed by atoms with van der Waals surface area (Å²) in [5.74, 6) is -0.686. The molecule has 4 aromatic heterocycles. The summed E-state index contributed by atoms with van der Waals surface area (Å²) in [5, 5.41) is 50.0. The SMILES string of the molecule is N#Cc1cc2c(cc1C#N)C(=O)C(=Cc1nc3sc4c(c3s1)C1(CCCCC1)Oc1c-4sc3nc(/C=C4\C(=O)c5cc(C#N)c(C#N)cc5C4O)sc13)C2=O. The maximum Gasteiger partial charge on any atom is 0.197 e. The van der Waals surface area contributed by atoms with Crippen LogP contribution in [-0.2, 0) is 5.60 Å². The molecule has 1 fully saturated rings. The number of carbonyl (C=O) groups is 3. The summed E-state index contributed by atoms with van der Waals surface area (Å²) in [7, 11) is 0. The normalized spacial score (nSPS) is 18.4. The number of fused-ring (bicyclic) bond motifs is 10. The highest BCUT2D eigenvalue weighted by atomic mass is 32.1. The Kier molecular flexibility index (Phi) is 7.24. The van der Waals surface area contributed by atoms with Crippen molar-refractivity contribution in [2.45, 2.75) is 43.8 Å². The molecule has 0 amide bonds. The second-order valence-corrected chi connectivity index (χ2v) is 17.6. The van der Waals surface area contributed by atoms with Gasteiger partial charge in [0.15, 0.2) is 23.1 Å². The van der Waals surface area contributed by atoms with E-state index in [2.05, 4.69) is 0 Å². The summed E-state index contributed by atoms with van der Waals surface area (Å²) in [6.45, 7) is 0. The Hall–Kier alpha value is -6.17. The molecule has 4 aliphatic rings. The minimum Gasteiger partial charge on any atom is -0.479 e. The van der Waals surface area contributed by atoms with Crippen LogP contribution < -0.4 is 4.74 Å². The molecule has 1 spiro atoms. The smallest absolute Gasteiger partial charge is 0.197 e. The number of hydrogen-bond donors (Lipinski definition) is 1. The summed E-state index contributed by atoms with van der Waals surface area (Å²) in [4.78, 5) is 53.4. The molecular formula is C40H18N6O5S4. The highest BCUT2D eigenvalue weighted by molar-refractivity contribution is 7.34. The van der Waals surface area contributed by atoms with Crippen LogP contribution in [0, 0.1) is 45.3 Å². The lowest BCUT2D eigenvalue weighted by Crippen LogP contribution is -2.37. The van der Waals surface area contributed by atoms with Gasteiger partial charge in [-0.2, -0.15) is 21.0 Å². The molecule has 1 aliphatic heterocycles. The molecule has 1 saturated carbocycles. The number of nitriles is 4. The summed E-state index contributed by atoms with van der Waals surface area (Å²) >= 11 is 5.79. The number of hydrogen-bond acceptors (Lipinski definition) is 15. The zero-order chi connectivity index (χ0) is 37.9. The van der Waals surface area contributed by atoms with E-state index in [1.807, 2.05) is 24.3 Å². The van der Waals surface area contributed by atoms with E-state index in [1.54, 1.807) is 6.08 Å². The molecule has 3 aliphatic carbocycles. The Labute approximate surface area is 326 Å². The number of thiophene rings is 2. The van der Waals surface area contributed by atoms with Crippen molar-refractivity contribution in [3.05, 3.63) is 95.5 Å². The van der Waals surface area contributed by atoms with Gasteiger partial charge in [-0.1, -0.05) is 6.42 Å². The summed E-state index contributed by atoms with van der Waals surface area (Å²) in [6, 6.07) is 13.1. The van der Waals surface area contributed by atoms with E-state index in [4.69, 9.17) is 14.7 Å². The van der Waals surface area contributed by atoms with E-state index in [1.165, 1.54) is 75.7 Å². The molecular weight excluding hydrogens is 773 g/mol. The Morgan fingerprint density at radius 3 is 1.87 bits per heavy atom. The highest BCUT2D eigenvalue weighted by Crippen LogP contribution is 2.62. The van der Waals surface area contributed by atoms with E-state index in [0.717, 1.165) is 72.2 Å². The lowest BCUT2D eigenvalue weighted by Gasteiger charge is -2.40. The number of allylic oxidation sites excluding steroid dienone is 1. The minimum absolute atomic E-state index is 0.0413. The van der Waals surface area contributed by atoms with E-state index >= 15 is 0 Å². The molecule has 55 heavy (non-hydrogen) atoms. The first kappa shape index (κ1) is 33.4. The van der Waals surface area contributed by atoms with Crippen LogP contribution in [0.15, 0.2) is 35.4 Å². The minimum atomic E-state index is -1.26. The van der Waals surface area contributed by atoms with E-state index in [-0.39, 0.29) is 55.7 Å². The molecule has 0 saturated heterocycles. The maximum absolute atomic E-state index is 13.4. The number of nitrogens with zero attached hydrogens (tertiary/aromatic N) is 6. The molecule has 5 heterocycles. The highest BCUT2D eigenvalue weighted by Gasteiger charge is 2.47.